The zero-order chi connectivity index (χ0) is 18.1. The van der Waals surface area contributed by atoms with Crippen LogP contribution in [0.2, 0.25) is 0 Å². The van der Waals surface area contributed by atoms with Gasteiger partial charge in [0.1, 0.15) is 0 Å². The van der Waals surface area contributed by atoms with Crippen molar-refractivity contribution < 1.29 is 13.8 Å². The summed E-state index contributed by atoms with van der Waals surface area (Å²) in [6, 6.07) is 6.67. The lowest BCUT2D eigenvalue weighted by Crippen LogP contribution is -2.32. The van der Waals surface area contributed by atoms with Crippen molar-refractivity contribution in [3.8, 4) is 0 Å². The second kappa shape index (κ2) is 6.86. The third-order valence-corrected chi connectivity index (χ3v) is 5.86. The van der Waals surface area contributed by atoms with E-state index in [0.29, 0.717) is 27.6 Å². The number of hydrazine groups is 1. The number of benzene rings is 1. The number of carbonyl (C=O) groups excluding carboxylic acids is 2. The highest BCUT2D eigenvalue weighted by atomic mass is 32.2. The molecule has 1 saturated heterocycles. The Balaban J connectivity index is 2.31. The van der Waals surface area contributed by atoms with E-state index in [4.69, 9.17) is 5.84 Å². The monoisotopic (exact) mass is 349 g/mol. The minimum absolute atomic E-state index is 0.198. The predicted octanol–water partition coefficient (Wildman–Crippen LogP) is 2.19. The quantitative estimate of drug-likeness (QED) is 0.483. The van der Waals surface area contributed by atoms with E-state index in [-0.39, 0.29) is 18.2 Å². The second-order valence-corrected chi connectivity index (χ2v) is 7.91. The smallest absolute Gasteiger partial charge is 0.239 e. The standard InChI is InChI=1S/C17H23N3O3S/c1-5-14(11(2)19-18)24(23)13-8-6-12(7-9-13)20-15(21)10-17(3,4)16(20)22/h6-9,19H,5,10,18H2,1-4H3/b14-11+. The number of anilines is 1. The van der Waals surface area contributed by atoms with E-state index >= 15 is 0 Å². The molecule has 1 atom stereocenters. The fourth-order valence-corrected chi connectivity index (χ4v) is 3.95. The molecule has 6 nitrogen and oxygen atoms in total. The van der Waals surface area contributed by atoms with Gasteiger partial charge >= 0.3 is 0 Å². The number of imide groups is 1. The van der Waals surface area contributed by atoms with Crippen LogP contribution in [0.25, 0.3) is 0 Å². The summed E-state index contributed by atoms with van der Waals surface area (Å²) in [5.41, 5.74) is 3.03. The Kier molecular flexibility index (Phi) is 5.25. The molecule has 2 amide bonds. The Bertz CT molecular complexity index is 723. The van der Waals surface area contributed by atoms with Gasteiger partial charge in [0.25, 0.3) is 0 Å². The van der Waals surface area contributed by atoms with Gasteiger partial charge in [0.15, 0.2) is 0 Å². The van der Waals surface area contributed by atoms with Crippen LogP contribution in [-0.2, 0) is 20.4 Å². The average molecular weight is 349 g/mol. The van der Waals surface area contributed by atoms with E-state index in [1.165, 1.54) is 4.90 Å². The van der Waals surface area contributed by atoms with Crippen LogP contribution in [-0.4, -0.2) is 16.0 Å². The number of nitrogens with one attached hydrogen (secondary N) is 1. The van der Waals surface area contributed by atoms with Crippen LogP contribution in [0.4, 0.5) is 5.69 Å². The Morgan fingerprint density at radius 2 is 1.88 bits per heavy atom. The van der Waals surface area contributed by atoms with Crippen molar-refractivity contribution in [3.05, 3.63) is 34.9 Å². The number of rotatable bonds is 5. The average Bonchev–Trinajstić information content (AvgIpc) is 2.75. The molecule has 0 spiro atoms. The van der Waals surface area contributed by atoms with Crippen molar-refractivity contribution in [3.63, 3.8) is 0 Å². The molecule has 0 saturated carbocycles. The van der Waals surface area contributed by atoms with Gasteiger partial charge in [-0.15, -0.1) is 0 Å². The molecule has 1 unspecified atom stereocenters. The van der Waals surface area contributed by atoms with E-state index in [2.05, 4.69) is 5.43 Å². The molecule has 0 aliphatic carbocycles. The highest BCUT2D eigenvalue weighted by molar-refractivity contribution is 7.89. The number of hydrogen-bond donors (Lipinski definition) is 2. The van der Waals surface area contributed by atoms with E-state index in [1.807, 2.05) is 6.92 Å². The number of nitrogens with two attached hydrogens (primary N) is 1. The molecule has 7 heteroatoms. The van der Waals surface area contributed by atoms with Crippen molar-refractivity contribution in [2.45, 2.75) is 45.4 Å². The Morgan fingerprint density at radius 1 is 1.29 bits per heavy atom. The van der Waals surface area contributed by atoms with Gasteiger partial charge in [-0.05, 0) is 37.6 Å². The van der Waals surface area contributed by atoms with Crippen LogP contribution in [0.5, 0.6) is 0 Å². The number of carbonyl (C=O) groups is 2. The number of allylic oxidation sites excluding steroid dienone is 2. The van der Waals surface area contributed by atoms with Crippen LogP contribution in [0.1, 0.15) is 40.5 Å². The summed E-state index contributed by atoms with van der Waals surface area (Å²) in [6.45, 7) is 7.20. The molecule has 3 N–H and O–H groups in total. The minimum Gasteiger partial charge on any atom is -0.328 e. The third kappa shape index (κ3) is 3.27. The molecule has 1 aliphatic rings. The largest absolute Gasteiger partial charge is 0.328 e. The Labute approximate surface area is 144 Å². The second-order valence-electron chi connectivity index (χ2n) is 6.40. The fraction of sp³-hybridized carbons (Fsp3) is 0.412. The van der Waals surface area contributed by atoms with Crippen molar-refractivity contribution >= 4 is 28.3 Å². The molecule has 0 aromatic heterocycles. The van der Waals surface area contributed by atoms with Gasteiger partial charge in [0.2, 0.25) is 11.8 Å². The van der Waals surface area contributed by atoms with Crippen molar-refractivity contribution in [2.24, 2.45) is 11.3 Å². The Morgan fingerprint density at radius 3 is 2.29 bits per heavy atom. The lowest BCUT2D eigenvalue weighted by molar-refractivity contribution is -0.124. The van der Waals surface area contributed by atoms with E-state index in [0.717, 1.165) is 0 Å². The van der Waals surface area contributed by atoms with Gasteiger partial charge in [0.05, 0.1) is 21.9 Å². The first kappa shape index (κ1) is 18.4. The summed E-state index contributed by atoms with van der Waals surface area (Å²) in [6.07, 6.45) is 0.797. The third-order valence-electron chi connectivity index (χ3n) is 4.11. The molecule has 2 rings (SSSR count). The maximum absolute atomic E-state index is 12.7. The van der Waals surface area contributed by atoms with Gasteiger partial charge < -0.3 is 5.43 Å². The van der Waals surface area contributed by atoms with Gasteiger partial charge in [-0.3, -0.25) is 20.3 Å². The number of amides is 2. The van der Waals surface area contributed by atoms with Gasteiger partial charge in [-0.25, -0.2) is 4.21 Å². The fourth-order valence-electron chi connectivity index (χ4n) is 2.69. The number of nitrogens with zero attached hydrogens (tertiary/aromatic N) is 1. The highest BCUT2D eigenvalue weighted by Crippen LogP contribution is 2.35. The summed E-state index contributed by atoms with van der Waals surface area (Å²) in [4.78, 5) is 27.0. The van der Waals surface area contributed by atoms with Crippen LogP contribution < -0.4 is 16.2 Å². The maximum Gasteiger partial charge on any atom is 0.239 e. The summed E-state index contributed by atoms with van der Waals surface area (Å²) < 4.78 is 12.7. The topological polar surface area (TPSA) is 92.5 Å². The lowest BCUT2D eigenvalue weighted by atomic mass is 9.92. The summed E-state index contributed by atoms with van der Waals surface area (Å²) in [7, 11) is -1.35. The molecule has 0 radical (unpaired) electrons. The minimum atomic E-state index is -1.35. The highest BCUT2D eigenvalue weighted by Gasteiger charge is 2.45. The van der Waals surface area contributed by atoms with Crippen molar-refractivity contribution in [2.75, 3.05) is 4.90 Å². The van der Waals surface area contributed by atoms with Gasteiger partial charge in [-0.2, -0.15) is 0 Å². The SMILES string of the molecule is CC/C(=C(/C)NN)S(=O)c1ccc(N2C(=O)CC(C)(C)C2=O)cc1. The molecular formula is C17H23N3O3S. The summed E-state index contributed by atoms with van der Waals surface area (Å²) >= 11 is 0. The van der Waals surface area contributed by atoms with Crippen LogP contribution in [0, 0.1) is 5.41 Å². The van der Waals surface area contributed by atoms with Crippen LogP contribution in [0.3, 0.4) is 0 Å². The van der Waals surface area contributed by atoms with Crippen LogP contribution >= 0.6 is 0 Å². The summed E-state index contributed by atoms with van der Waals surface area (Å²) in [5, 5.41) is 0. The van der Waals surface area contributed by atoms with Crippen molar-refractivity contribution in [1.29, 1.82) is 0 Å². The molecule has 24 heavy (non-hydrogen) atoms. The Hall–Kier alpha value is -1.99. The first-order valence-electron chi connectivity index (χ1n) is 7.78. The normalized spacial score (nSPS) is 19.3. The molecule has 130 valence electrons. The predicted molar refractivity (Wildman–Crippen MR) is 94.1 cm³/mol. The lowest BCUT2D eigenvalue weighted by Gasteiger charge is -2.18. The van der Waals surface area contributed by atoms with Gasteiger partial charge in [-0.1, -0.05) is 20.8 Å². The molecular weight excluding hydrogens is 326 g/mol. The number of hydrogen-bond acceptors (Lipinski definition) is 5. The van der Waals surface area contributed by atoms with E-state index in [1.54, 1.807) is 45.0 Å². The molecule has 0 bridgehead atoms. The first-order chi connectivity index (χ1) is 11.2. The first-order valence-corrected chi connectivity index (χ1v) is 8.93. The maximum atomic E-state index is 12.7. The van der Waals surface area contributed by atoms with E-state index < -0.39 is 16.2 Å². The zero-order valence-corrected chi connectivity index (χ0v) is 15.2. The van der Waals surface area contributed by atoms with Crippen molar-refractivity contribution in [1.82, 2.24) is 5.43 Å². The zero-order valence-electron chi connectivity index (χ0n) is 14.4. The molecule has 1 aliphatic heterocycles. The van der Waals surface area contributed by atoms with E-state index in [9.17, 15) is 13.8 Å². The molecule has 1 aromatic carbocycles. The van der Waals surface area contributed by atoms with Crippen LogP contribution in [0.15, 0.2) is 39.8 Å². The molecule has 1 fully saturated rings. The summed E-state index contributed by atoms with van der Waals surface area (Å²) in [5.74, 6) is 4.98. The van der Waals surface area contributed by atoms with Gasteiger partial charge in [0, 0.05) is 21.9 Å². The molecule has 1 heterocycles. The molecule has 1 aromatic rings.